The molecule has 8 aromatic carbocycles. The molecule has 0 spiro atoms. The van der Waals surface area contributed by atoms with Crippen LogP contribution in [0.15, 0.2) is 170 Å². The Morgan fingerprint density at radius 1 is 0.304 bits per heavy atom. The highest BCUT2D eigenvalue weighted by atomic mass is 15.0. The molecule has 0 radical (unpaired) electrons. The highest BCUT2D eigenvalue weighted by molar-refractivity contribution is 6.14. The lowest BCUT2D eigenvalue weighted by Crippen LogP contribution is -2.14. The smallest absolute Gasteiger partial charge is 0.0547 e. The van der Waals surface area contributed by atoms with Crippen molar-refractivity contribution in [3.05, 3.63) is 192 Å². The Balaban J connectivity index is 1.10. The summed E-state index contributed by atoms with van der Waals surface area (Å²) in [5.74, 6) is 0. The monoisotopic (exact) mass is 716 g/mol. The van der Waals surface area contributed by atoms with E-state index in [4.69, 9.17) is 0 Å². The maximum Gasteiger partial charge on any atom is 0.0547 e. The maximum atomic E-state index is 2.48. The molecule has 2 aliphatic rings. The Labute approximate surface area is 326 Å². The van der Waals surface area contributed by atoms with Crippen LogP contribution in [0.4, 0.5) is 0 Å². The Morgan fingerprint density at radius 2 is 0.679 bits per heavy atom. The molecule has 0 saturated heterocycles. The second-order valence-corrected chi connectivity index (χ2v) is 17.0. The summed E-state index contributed by atoms with van der Waals surface area (Å²) >= 11 is 0. The summed E-state index contributed by atoms with van der Waals surface area (Å²) in [4.78, 5) is 0. The topological polar surface area (TPSA) is 9.86 Å². The first-order chi connectivity index (χ1) is 27.3. The molecule has 12 rings (SSSR count). The van der Waals surface area contributed by atoms with Gasteiger partial charge in [0.2, 0.25) is 0 Å². The van der Waals surface area contributed by atoms with Crippen LogP contribution in [-0.2, 0) is 10.8 Å². The van der Waals surface area contributed by atoms with Gasteiger partial charge >= 0.3 is 0 Å². The van der Waals surface area contributed by atoms with Crippen molar-refractivity contribution >= 4 is 43.6 Å². The van der Waals surface area contributed by atoms with Gasteiger partial charge in [-0.3, -0.25) is 0 Å². The molecule has 0 saturated carbocycles. The van der Waals surface area contributed by atoms with Crippen LogP contribution < -0.4 is 0 Å². The average molecular weight is 717 g/mol. The van der Waals surface area contributed by atoms with E-state index in [1.54, 1.807) is 0 Å². The van der Waals surface area contributed by atoms with Crippen molar-refractivity contribution in [1.82, 2.24) is 9.13 Å². The van der Waals surface area contributed by atoms with Crippen LogP contribution >= 0.6 is 0 Å². The van der Waals surface area contributed by atoms with Crippen molar-refractivity contribution in [1.29, 1.82) is 0 Å². The lowest BCUT2D eigenvalue weighted by Gasteiger charge is -2.21. The normalized spacial score (nSPS) is 14.7. The van der Waals surface area contributed by atoms with Gasteiger partial charge in [0.1, 0.15) is 0 Å². The van der Waals surface area contributed by atoms with Gasteiger partial charge in [-0.15, -0.1) is 0 Å². The van der Waals surface area contributed by atoms with Crippen molar-refractivity contribution in [2.45, 2.75) is 38.5 Å². The third-order valence-corrected chi connectivity index (χ3v) is 13.3. The van der Waals surface area contributed by atoms with E-state index in [1.807, 2.05) is 0 Å². The molecule has 2 heterocycles. The standard InChI is InChI=1S/C54H40N2/c1-53(2)45-21-13-11-19-37(45)41-29-43-39-25-23-33(27-49(39)55(51(43)31-47(41)53)35-15-7-5-8-16-35)34-24-26-40-44-30-42-38-20-12-14-22-46(38)54(3,4)48(42)32-52(44)56(50(40)28-34)36-17-9-6-10-18-36/h5-32H,1-4H3. The molecule has 2 aliphatic carbocycles. The molecule has 56 heavy (non-hydrogen) atoms. The fourth-order valence-corrected chi connectivity index (χ4v) is 10.5. The highest BCUT2D eigenvalue weighted by Gasteiger charge is 2.37. The van der Waals surface area contributed by atoms with Gasteiger partial charge in [0.15, 0.2) is 0 Å². The minimum absolute atomic E-state index is 0.0743. The average Bonchev–Trinajstić information content (AvgIpc) is 3.88. The molecule has 0 fully saturated rings. The van der Waals surface area contributed by atoms with Crippen molar-refractivity contribution in [3.8, 4) is 44.8 Å². The third kappa shape index (κ3) is 4.11. The van der Waals surface area contributed by atoms with Gasteiger partial charge in [0, 0.05) is 43.7 Å². The van der Waals surface area contributed by atoms with E-state index in [0.717, 1.165) is 0 Å². The van der Waals surface area contributed by atoms with Crippen LogP contribution in [0.25, 0.3) is 88.4 Å². The fourth-order valence-electron chi connectivity index (χ4n) is 10.5. The summed E-state index contributed by atoms with van der Waals surface area (Å²) in [5.41, 5.74) is 20.6. The number of hydrogen-bond acceptors (Lipinski definition) is 0. The summed E-state index contributed by atoms with van der Waals surface area (Å²) < 4.78 is 4.96. The van der Waals surface area contributed by atoms with Gasteiger partial charge in [0.25, 0.3) is 0 Å². The van der Waals surface area contributed by atoms with Crippen LogP contribution in [-0.4, -0.2) is 9.13 Å². The van der Waals surface area contributed by atoms with Crippen molar-refractivity contribution in [3.63, 3.8) is 0 Å². The molecule has 2 heteroatoms. The van der Waals surface area contributed by atoms with E-state index < -0.39 is 0 Å². The van der Waals surface area contributed by atoms with Gasteiger partial charge < -0.3 is 9.13 Å². The second-order valence-electron chi connectivity index (χ2n) is 17.0. The molecule has 10 aromatic rings. The Bertz CT molecular complexity index is 3060. The quantitative estimate of drug-likeness (QED) is 0.172. The first-order valence-electron chi connectivity index (χ1n) is 19.9. The number of hydrogen-bond donors (Lipinski definition) is 0. The molecule has 0 amide bonds. The summed E-state index contributed by atoms with van der Waals surface area (Å²) in [5, 5.41) is 5.13. The number of nitrogens with zero attached hydrogens (tertiary/aromatic N) is 2. The van der Waals surface area contributed by atoms with E-state index in [2.05, 4.69) is 207 Å². The molecule has 2 nitrogen and oxygen atoms in total. The number of aromatic nitrogens is 2. The molecule has 0 N–H and O–H groups in total. The second kappa shape index (κ2) is 11.0. The minimum atomic E-state index is -0.0743. The summed E-state index contributed by atoms with van der Waals surface area (Å²) in [6.07, 6.45) is 0. The first-order valence-corrected chi connectivity index (χ1v) is 19.9. The Morgan fingerprint density at radius 3 is 1.11 bits per heavy atom. The fraction of sp³-hybridized carbons (Fsp3) is 0.111. The van der Waals surface area contributed by atoms with Gasteiger partial charge in [-0.05, 0) is 116 Å². The zero-order valence-electron chi connectivity index (χ0n) is 32.1. The lowest BCUT2D eigenvalue weighted by molar-refractivity contribution is 0.661. The first kappa shape index (κ1) is 31.7. The van der Waals surface area contributed by atoms with Crippen LogP contribution in [0.2, 0.25) is 0 Å². The van der Waals surface area contributed by atoms with E-state index in [1.165, 1.54) is 111 Å². The zero-order valence-corrected chi connectivity index (χ0v) is 32.1. The molecule has 0 aliphatic heterocycles. The molecule has 266 valence electrons. The predicted molar refractivity (Wildman–Crippen MR) is 236 cm³/mol. The third-order valence-electron chi connectivity index (χ3n) is 13.3. The Kier molecular flexibility index (Phi) is 6.22. The predicted octanol–water partition coefficient (Wildman–Crippen LogP) is 14.2. The van der Waals surface area contributed by atoms with E-state index in [-0.39, 0.29) is 10.8 Å². The number of benzene rings is 8. The molecular weight excluding hydrogens is 677 g/mol. The zero-order chi connectivity index (χ0) is 37.5. The number of para-hydroxylation sites is 2. The Hall–Kier alpha value is -6.64. The molecule has 2 aromatic heterocycles. The van der Waals surface area contributed by atoms with Crippen LogP contribution in [0, 0.1) is 0 Å². The van der Waals surface area contributed by atoms with Crippen LogP contribution in [0.1, 0.15) is 49.9 Å². The number of fused-ring (bicyclic) bond motifs is 12. The van der Waals surface area contributed by atoms with E-state index in [0.29, 0.717) is 0 Å². The van der Waals surface area contributed by atoms with E-state index in [9.17, 15) is 0 Å². The van der Waals surface area contributed by atoms with Crippen molar-refractivity contribution in [2.75, 3.05) is 0 Å². The van der Waals surface area contributed by atoms with E-state index >= 15 is 0 Å². The maximum absolute atomic E-state index is 2.48. The van der Waals surface area contributed by atoms with Gasteiger partial charge in [-0.1, -0.05) is 137 Å². The molecule has 0 unspecified atom stereocenters. The van der Waals surface area contributed by atoms with Crippen LogP contribution in [0.3, 0.4) is 0 Å². The summed E-state index contributed by atoms with van der Waals surface area (Å²) in [6, 6.07) is 63.7. The van der Waals surface area contributed by atoms with Crippen LogP contribution in [0.5, 0.6) is 0 Å². The van der Waals surface area contributed by atoms with Crippen molar-refractivity contribution < 1.29 is 0 Å². The van der Waals surface area contributed by atoms with Crippen molar-refractivity contribution in [2.24, 2.45) is 0 Å². The summed E-state index contributed by atoms with van der Waals surface area (Å²) in [6.45, 7) is 9.48. The van der Waals surface area contributed by atoms with Gasteiger partial charge in [-0.25, -0.2) is 0 Å². The molecule has 0 atom stereocenters. The largest absolute Gasteiger partial charge is 0.309 e. The van der Waals surface area contributed by atoms with Gasteiger partial charge in [0.05, 0.1) is 22.1 Å². The lowest BCUT2D eigenvalue weighted by atomic mass is 9.82. The highest BCUT2D eigenvalue weighted by Crippen LogP contribution is 2.53. The SMILES string of the molecule is CC1(C)c2ccccc2-c2cc3c4ccc(-c5ccc6c7cc8c(cc7n(-c7ccccc7)c6c5)C(C)(C)c5ccccc5-8)cc4n(-c4ccccc4)c3cc21. The number of rotatable bonds is 3. The minimum Gasteiger partial charge on any atom is -0.309 e. The molecular formula is C54H40N2. The summed E-state index contributed by atoms with van der Waals surface area (Å²) in [7, 11) is 0. The molecule has 0 bridgehead atoms. The van der Waals surface area contributed by atoms with Gasteiger partial charge in [-0.2, -0.15) is 0 Å².